The highest BCUT2D eigenvalue weighted by atomic mass is 35.5. The van der Waals surface area contributed by atoms with Gasteiger partial charge in [0.05, 0.1) is 11.7 Å². The van der Waals surface area contributed by atoms with E-state index in [1.807, 2.05) is 24.3 Å². The Bertz CT molecular complexity index is 767. The molecular weight excluding hydrogens is 303 g/mol. The summed E-state index contributed by atoms with van der Waals surface area (Å²) in [6, 6.07) is 12.4. The molecular formula is C17H14Cl2N2. The highest BCUT2D eigenvalue weighted by Gasteiger charge is 2.33. The summed E-state index contributed by atoms with van der Waals surface area (Å²) in [6.07, 6.45) is 1.03. The van der Waals surface area contributed by atoms with Crippen LogP contribution in [0.1, 0.15) is 18.9 Å². The first-order valence-corrected chi connectivity index (χ1v) is 7.88. The summed E-state index contributed by atoms with van der Waals surface area (Å²) in [7, 11) is 0. The van der Waals surface area contributed by atoms with Crippen LogP contribution in [0.2, 0.25) is 10.0 Å². The smallest absolute Gasteiger partial charge is 0.136 e. The van der Waals surface area contributed by atoms with E-state index in [-0.39, 0.29) is 0 Å². The summed E-state index contributed by atoms with van der Waals surface area (Å²) in [5.74, 6) is 1.02. The Hall–Kier alpha value is -1.51. The van der Waals surface area contributed by atoms with Gasteiger partial charge in [0.1, 0.15) is 5.84 Å². The highest BCUT2D eigenvalue weighted by molar-refractivity contribution is 6.33. The van der Waals surface area contributed by atoms with Gasteiger partial charge in [-0.3, -0.25) is 4.99 Å². The molecule has 2 heterocycles. The van der Waals surface area contributed by atoms with E-state index >= 15 is 0 Å². The van der Waals surface area contributed by atoms with Crippen molar-refractivity contribution in [2.45, 2.75) is 19.4 Å². The number of hydrogen-bond acceptors (Lipinski definition) is 2. The molecule has 0 fully saturated rings. The zero-order valence-corrected chi connectivity index (χ0v) is 13.1. The monoisotopic (exact) mass is 316 g/mol. The van der Waals surface area contributed by atoms with Crippen molar-refractivity contribution in [3.8, 4) is 11.1 Å². The minimum absolute atomic E-state index is 0.330. The number of amidine groups is 1. The quantitative estimate of drug-likeness (QED) is 0.721. The van der Waals surface area contributed by atoms with Gasteiger partial charge in [-0.05, 0) is 36.2 Å². The second kappa shape index (κ2) is 4.75. The van der Waals surface area contributed by atoms with E-state index in [0.717, 1.165) is 40.1 Å². The average molecular weight is 317 g/mol. The molecule has 1 atom stereocenters. The molecule has 106 valence electrons. The van der Waals surface area contributed by atoms with E-state index in [4.69, 9.17) is 28.2 Å². The van der Waals surface area contributed by atoms with Crippen LogP contribution >= 0.6 is 23.2 Å². The minimum atomic E-state index is 0.330. The summed E-state index contributed by atoms with van der Waals surface area (Å²) < 4.78 is 0. The molecule has 0 aromatic heterocycles. The molecule has 2 aliphatic heterocycles. The number of benzene rings is 2. The third-order valence-corrected chi connectivity index (χ3v) is 4.66. The SMILES string of the molecule is CCC1CN2C(=N1)c1cc(Cl)ccc1-c1ccc(Cl)cc12. The Labute approximate surface area is 134 Å². The Balaban J connectivity index is 2.01. The van der Waals surface area contributed by atoms with E-state index in [9.17, 15) is 0 Å². The molecule has 0 radical (unpaired) electrons. The fourth-order valence-electron chi connectivity index (χ4n) is 3.12. The zero-order valence-electron chi connectivity index (χ0n) is 11.6. The summed E-state index contributed by atoms with van der Waals surface area (Å²) >= 11 is 12.4. The number of anilines is 1. The van der Waals surface area contributed by atoms with Crippen molar-refractivity contribution in [1.82, 2.24) is 0 Å². The number of halogens is 2. The summed E-state index contributed by atoms with van der Waals surface area (Å²) in [4.78, 5) is 7.15. The van der Waals surface area contributed by atoms with E-state index in [0.29, 0.717) is 6.04 Å². The van der Waals surface area contributed by atoms with Crippen molar-refractivity contribution in [2.24, 2.45) is 4.99 Å². The summed E-state index contributed by atoms with van der Waals surface area (Å²) in [5.41, 5.74) is 4.64. The van der Waals surface area contributed by atoms with Crippen LogP contribution in [0.5, 0.6) is 0 Å². The van der Waals surface area contributed by atoms with Crippen LogP contribution in [0.3, 0.4) is 0 Å². The normalized spacial score (nSPS) is 18.9. The van der Waals surface area contributed by atoms with Crippen molar-refractivity contribution >= 4 is 34.7 Å². The summed E-state index contributed by atoms with van der Waals surface area (Å²) in [6.45, 7) is 3.08. The first-order chi connectivity index (χ1) is 10.2. The standard InChI is InChI=1S/C17H14Cl2N2/c1-2-12-9-21-16-8-11(19)4-6-14(16)13-5-3-10(18)7-15(13)17(21)20-12/h3-8,12H,2,9H2,1H3. The molecule has 1 unspecified atom stereocenters. The molecule has 4 heteroatoms. The number of hydrogen-bond donors (Lipinski definition) is 0. The van der Waals surface area contributed by atoms with Gasteiger partial charge in [0.2, 0.25) is 0 Å². The maximum atomic E-state index is 6.20. The molecule has 4 rings (SSSR count). The Morgan fingerprint density at radius 1 is 1.05 bits per heavy atom. The average Bonchev–Trinajstić information content (AvgIpc) is 2.92. The van der Waals surface area contributed by atoms with Gasteiger partial charge in [-0.15, -0.1) is 0 Å². The highest BCUT2D eigenvalue weighted by Crippen LogP contribution is 2.43. The van der Waals surface area contributed by atoms with Gasteiger partial charge >= 0.3 is 0 Å². The van der Waals surface area contributed by atoms with Crippen LogP contribution < -0.4 is 4.90 Å². The number of rotatable bonds is 1. The number of nitrogens with zero attached hydrogens (tertiary/aromatic N) is 2. The van der Waals surface area contributed by atoms with Crippen LogP contribution in [0, 0.1) is 0 Å². The van der Waals surface area contributed by atoms with Gasteiger partial charge in [0, 0.05) is 27.7 Å². The summed E-state index contributed by atoms with van der Waals surface area (Å²) in [5, 5.41) is 1.50. The number of aliphatic imine (C=N–C) groups is 1. The maximum Gasteiger partial charge on any atom is 0.136 e. The Morgan fingerprint density at radius 2 is 1.76 bits per heavy atom. The largest absolute Gasteiger partial charge is 0.323 e. The molecule has 0 spiro atoms. The lowest BCUT2D eigenvalue weighted by molar-refractivity contribution is 0.693. The fraction of sp³-hybridized carbons (Fsp3) is 0.235. The van der Waals surface area contributed by atoms with Crippen LogP contribution in [0.4, 0.5) is 5.69 Å². The molecule has 2 nitrogen and oxygen atoms in total. The fourth-order valence-corrected chi connectivity index (χ4v) is 3.46. The topological polar surface area (TPSA) is 15.6 Å². The van der Waals surface area contributed by atoms with E-state index in [1.54, 1.807) is 0 Å². The van der Waals surface area contributed by atoms with Crippen LogP contribution in [-0.4, -0.2) is 18.4 Å². The van der Waals surface area contributed by atoms with Crippen molar-refractivity contribution in [3.05, 3.63) is 52.0 Å². The third-order valence-electron chi connectivity index (χ3n) is 4.19. The predicted molar refractivity (Wildman–Crippen MR) is 89.9 cm³/mol. The molecule has 0 amide bonds. The van der Waals surface area contributed by atoms with Crippen molar-refractivity contribution in [3.63, 3.8) is 0 Å². The Kier molecular flexibility index (Phi) is 2.98. The maximum absolute atomic E-state index is 6.20. The van der Waals surface area contributed by atoms with E-state index in [2.05, 4.69) is 24.0 Å². The molecule has 2 aromatic carbocycles. The van der Waals surface area contributed by atoms with Gasteiger partial charge in [-0.25, -0.2) is 0 Å². The lowest BCUT2D eigenvalue weighted by Gasteiger charge is -2.30. The van der Waals surface area contributed by atoms with Gasteiger partial charge in [-0.1, -0.05) is 42.3 Å². The van der Waals surface area contributed by atoms with Crippen LogP contribution in [-0.2, 0) is 0 Å². The van der Waals surface area contributed by atoms with Gasteiger partial charge in [0.15, 0.2) is 0 Å². The minimum Gasteiger partial charge on any atom is -0.323 e. The van der Waals surface area contributed by atoms with Crippen molar-refractivity contribution in [2.75, 3.05) is 11.4 Å². The van der Waals surface area contributed by atoms with Gasteiger partial charge in [0.25, 0.3) is 0 Å². The lowest BCUT2D eigenvalue weighted by atomic mass is 9.93. The molecule has 2 aliphatic rings. The predicted octanol–water partition coefficient (Wildman–Crippen LogP) is 5.02. The third kappa shape index (κ3) is 1.97. The molecule has 2 aromatic rings. The van der Waals surface area contributed by atoms with Gasteiger partial charge in [-0.2, -0.15) is 0 Å². The molecule has 0 N–H and O–H groups in total. The second-order valence-corrected chi connectivity index (χ2v) is 6.35. The van der Waals surface area contributed by atoms with E-state index < -0.39 is 0 Å². The van der Waals surface area contributed by atoms with E-state index in [1.165, 1.54) is 11.1 Å². The lowest BCUT2D eigenvalue weighted by Crippen LogP contribution is -2.33. The van der Waals surface area contributed by atoms with Crippen LogP contribution in [0.25, 0.3) is 11.1 Å². The van der Waals surface area contributed by atoms with Gasteiger partial charge < -0.3 is 4.90 Å². The molecule has 0 bridgehead atoms. The van der Waals surface area contributed by atoms with Crippen molar-refractivity contribution in [1.29, 1.82) is 0 Å². The number of fused-ring (bicyclic) bond motifs is 6. The molecule has 0 saturated carbocycles. The van der Waals surface area contributed by atoms with Crippen molar-refractivity contribution < 1.29 is 0 Å². The first-order valence-electron chi connectivity index (χ1n) is 7.12. The Morgan fingerprint density at radius 3 is 2.52 bits per heavy atom. The second-order valence-electron chi connectivity index (χ2n) is 5.48. The molecule has 0 aliphatic carbocycles. The zero-order chi connectivity index (χ0) is 14.6. The molecule has 21 heavy (non-hydrogen) atoms. The first kappa shape index (κ1) is 13.2. The van der Waals surface area contributed by atoms with Crippen LogP contribution in [0.15, 0.2) is 41.4 Å². The molecule has 0 saturated heterocycles.